The van der Waals surface area contributed by atoms with Crippen LogP contribution in [-0.4, -0.2) is 28.4 Å². The van der Waals surface area contributed by atoms with Crippen molar-refractivity contribution in [1.29, 1.82) is 0 Å². The van der Waals surface area contributed by atoms with Gasteiger partial charge in [-0.1, -0.05) is 76.0 Å². The maximum atomic E-state index is 12.8. The van der Waals surface area contributed by atoms with Crippen molar-refractivity contribution in [2.45, 2.75) is 52.5 Å². The van der Waals surface area contributed by atoms with Crippen molar-refractivity contribution in [3.05, 3.63) is 69.8 Å². The second kappa shape index (κ2) is 10.6. The SMILES string of the molecule is CC(C)NCCc1cccc(-n2nc(C(C)(C)C)cc2NC(=O)Nc2cccc(Cl)c2Cl)c1. The molecule has 2 aromatic carbocycles. The molecule has 33 heavy (non-hydrogen) atoms. The molecule has 3 rings (SSSR count). The number of amides is 2. The highest BCUT2D eigenvalue weighted by Gasteiger charge is 2.22. The van der Waals surface area contributed by atoms with Gasteiger partial charge in [0.1, 0.15) is 5.82 Å². The van der Waals surface area contributed by atoms with Crippen LogP contribution in [0.1, 0.15) is 45.9 Å². The summed E-state index contributed by atoms with van der Waals surface area (Å²) in [7, 11) is 0. The normalized spacial score (nSPS) is 11.6. The molecule has 6 nitrogen and oxygen atoms in total. The number of rotatable bonds is 7. The van der Waals surface area contributed by atoms with E-state index in [0.717, 1.165) is 24.3 Å². The van der Waals surface area contributed by atoms with Crippen LogP contribution in [0, 0.1) is 0 Å². The molecular weight excluding hydrogens is 457 g/mol. The maximum Gasteiger partial charge on any atom is 0.324 e. The predicted molar refractivity (Wildman–Crippen MR) is 138 cm³/mol. The van der Waals surface area contributed by atoms with E-state index in [9.17, 15) is 4.79 Å². The van der Waals surface area contributed by atoms with E-state index in [2.05, 4.69) is 62.7 Å². The zero-order valence-corrected chi connectivity index (χ0v) is 21.2. The molecule has 3 aromatic rings. The smallest absolute Gasteiger partial charge is 0.314 e. The van der Waals surface area contributed by atoms with E-state index in [0.29, 0.717) is 27.6 Å². The Morgan fingerprint density at radius 2 is 1.79 bits per heavy atom. The fourth-order valence-corrected chi connectivity index (χ4v) is 3.60. The van der Waals surface area contributed by atoms with Crippen LogP contribution in [0.3, 0.4) is 0 Å². The number of nitrogens with zero attached hydrogens (tertiary/aromatic N) is 2. The van der Waals surface area contributed by atoms with Crippen LogP contribution in [0.25, 0.3) is 5.69 Å². The number of carbonyl (C=O) groups is 1. The lowest BCUT2D eigenvalue weighted by Gasteiger charge is -2.14. The van der Waals surface area contributed by atoms with Crippen LogP contribution in [0.5, 0.6) is 0 Å². The van der Waals surface area contributed by atoms with E-state index in [1.807, 2.05) is 18.2 Å². The molecular formula is C25H31Cl2N5O. The Morgan fingerprint density at radius 1 is 1.06 bits per heavy atom. The minimum absolute atomic E-state index is 0.187. The molecule has 0 unspecified atom stereocenters. The summed E-state index contributed by atoms with van der Waals surface area (Å²) >= 11 is 12.3. The Bertz CT molecular complexity index is 1120. The second-order valence-electron chi connectivity index (χ2n) is 9.29. The van der Waals surface area contributed by atoms with Crippen molar-refractivity contribution in [2.75, 3.05) is 17.2 Å². The summed E-state index contributed by atoms with van der Waals surface area (Å²) in [6, 6.07) is 15.2. The molecule has 1 aromatic heterocycles. The van der Waals surface area contributed by atoms with Crippen LogP contribution in [0.15, 0.2) is 48.5 Å². The number of anilines is 2. The molecule has 0 radical (unpaired) electrons. The Kier molecular flexibility index (Phi) is 8.05. The Labute approximate surface area is 205 Å². The monoisotopic (exact) mass is 487 g/mol. The number of aromatic nitrogens is 2. The van der Waals surface area contributed by atoms with Crippen molar-refractivity contribution in [3.63, 3.8) is 0 Å². The average Bonchev–Trinajstić information content (AvgIpc) is 3.15. The number of nitrogens with one attached hydrogen (secondary N) is 3. The number of halogens is 2. The highest BCUT2D eigenvalue weighted by atomic mass is 35.5. The molecule has 0 saturated carbocycles. The first kappa shape index (κ1) is 25.1. The Balaban J connectivity index is 1.87. The molecule has 1 heterocycles. The van der Waals surface area contributed by atoms with Gasteiger partial charge in [-0.15, -0.1) is 0 Å². The number of hydrogen-bond acceptors (Lipinski definition) is 3. The van der Waals surface area contributed by atoms with Gasteiger partial charge < -0.3 is 10.6 Å². The van der Waals surface area contributed by atoms with E-state index in [-0.39, 0.29) is 5.41 Å². The molecule has 0 saturated heterocycles. The lowest BCUT2D eigenvalue weighted by molar-refractivity contribution is 0.262. The van der Waals surface area contributed by atoms with Crippen molar-refractivity contribution < 1.29 is 4.79 Å². The zero-order chi connectivity index (χ0) is 24.2. The van der Waals surface area contributed by atoms with Crippen molar-refractivity contribution in [3.8, 4) is 5.69 Å². The fraction of sp³-hybridized carbons (Fsp3) is 0.360. The first-order valence-electron chi connectivity index (χ1n) is 11.0. The lowest BCUT2D eigenvalue weighted by atomic mass is 9.92. The lowest BCUT2D eigenvalue weighted by Crippen LogP contribution is -2.25. The van der Waals surface area contributed by atoms with E-state index in [1.54, 1.807) is 22.9 Å². The van der Waals surface area contributed by atoms with E-state index < -0.39 is 6.03 Å². The summed E-state index contributed by atoms with van der Waals surface area (Å²) in [4.78, 5) is 12.8. The second-order valence-corrected chi connectivity index (χ2v) is 10.1. The van der Waals surface area contributed by atoms with Gasteiger partial charge in [-0.05, 0) is 42.8 Å². The maximum absolute atomic E-state index is 12.8. The molecule has 0 fully saturated rings. The van der Waals surface area contributed by atoms with Gasteiger partial charge in [-0.25, -0.2) is 9.48 Å². The molecule has 8 heteroatoms. The topological polar surface area (TPSA) is 71.0 Å². The van der Waals surface area contributed by atoms with E-state index in [4.69, 9.17) is 28.3 Å². The summed E-state index contributed by atoms with van der Waals surface area (Å²) in [5.74, 6) is 0.563. The van der Waals surface area contributed by atoms with Gasteiger partial charge in [0.15, 0.2) is 0 Å². The molecule has 0 spiro atoms. The molecule has 0 aliphatic carbocycles. The standard InChI is InChI=1S/C25H31Cl2N5O/c1-16(2)28-13-12-17-8-6-9-18(14-17)32-22(15-21(31-32)25(3,4)5)30-24(33)29-20-11-7-10-19(26)23(20)27/h6-11,14-16,28H,12-13H2,1-5H3,(H2,29,30,33). The van der Waals surface area contributed by atoms with E-state index >= 15 is 0 Å². The highest BCUT2D eigenvalue weighted by Crippen LogP contribution is 2.30. The van der Waals surface area contributed by atoms with Crippen molar-refractivity contribution >= 4 is 40.7 Å². The molecule has 2 amide bonds. The summed E-state index contributed by atoms with van der Waals surface area (Å²) in [5.41, 5.74) is 3.18. The van der Waals surface area contributed by atoms with E-state index in [1.165, 1.54) is 5.56 Å². The van der Waals surface area contributed by atoms with Crippen molar-refractivity contribution in [1.82, 2.24) is 15.1 Å². The minimum Gasteiger partial charge on any atom is -0.314 e. The van der Waals surface area contributed by atoms with Crippen LogP contribution in [0.2, 0.25) is 10.0 Å². The molecule has 0 aliphatic heterocycles. The quantitative estimate of drug-likeness (QED) is 0.348. The number of hydrogen-bond donors (Lipinski definition) is 3. The zero-order valence-electron chi connectivity index (χ0n) is 19.7. The third-order valence-electron chi connectivity index (χ3n) is 5.04. The summed E-state index contributed by atoms with van der Waals surface area (Å²) in [6.07, 6.45) is 0.899. The largest absolute Gasteiger partial charge is 0.324 e. The van der Waals surface area contributed by atoms with Crippen LogP contribution < -0.4 is 16.0 Å². The molecule has 3 N–H and O–H groups in total. The Hall–Kier alpha value is -2.54. The summed E-state index contributed by atoms with van der Waals surface area (Å²) in [6.45, 7) is 11.4. The summed E-state index contributed by atoms with van der Waals surface area (Å²) in [5, 5.41) is 14.6. The number of urea groups is 1. The fourth-order valence-electron chi connectivity index (χ4n) is 3.25. The van der Waals surface area contributed by atoms with Gasteiger partial charge in [-0.3, -0.25) is 5.32 Å². The predicted octanol–water partition coefficient (Wildman–Crippen LogP) is 6.66. The van der Waals surface area contributed by atoms with Gasteiger partial charge in [-0.2, -0.15) is 5.10 Å². The highest BCUT2D eigenvalue weighted by molar-refractivity contribution is 6.44. The first-order chi connectivity index (χ1) is 15.5. The molecule has 176 valence electrons. The molecule has 0 bridgehead atoms. The molecule has 0 aliphatic rings. The first-order valence-corrected chi connectivity index (χ1v) is 11.8. The summed E-state index contributed by atoms with van der Waals surface area (Å²) < 4.78 is 1.76. The van der Waals surface area contributed by atoms with Crippen molar-refractivity contribution in [2.24, 2.45) is 0 Å². The third-order valence-corrected chi connectivity index (χ3v) is 5.86. The van der Waals surface area contributed by atoms with Gasteiger partial charge in [0.2, 0.25) is 0 Å². The van der Waals surface area contributed by atoms with Crippen LogP contribution in [-0.2, 0) is 11.8 Å². The van der Waals surface area contributed by atoms with Gasteiger partial charge in [0.25, 0.3) is 0 Å². The Morgan fingerprint density at radius 3 is 2.48 bits per heavy atom. The number of carbonyl (C=O) groups excluding carboxylic acids is 1. The van der Waals surface area contributed by atoms with Gasteiger partial charge in [0.05, 0.1) is 27.1 Å². The molecule has 0 atom stereocenters. The number of benzene rings is 2. The van der Waals surface area contributed by atoms with Gasteiger partial charge >= 0.3 is 6.03 Å². The minimum atomic E-state index is -0.432. The third kappa shape index (κ3) is 6.73. The average molecular weight is 488 g/mol. The van der Waals surface area contributed by atoms with Gasteiger partial charge in [0, 0.05) is 17.5 Å². The van der Waals surface area contributed by atoms with Crippen LogP contribution >= 0.6 is 23.2 Å². The van der Waals surface area contributed by atoms with Crippen LogP contribution in [0.4, 0.5) is 16.3 Å².